The first-order valence-electron chi connectivity index (χ1n) is 17.7. The van der Waals surface area contributed by atoms with Gasteiger partial charge in [-0.05, 0) is 89.0 Å². The number of benzene rings is 6. The van der Waals surface area contributed by atoms with Crippen molar-refractivity contribution >= 4 is 55.2 Å². The van der Waals surface area contributed by atoms with E-state index < -0.39 is 10.1 Å². The van der Waals surface area contributed by atoms with Crippen molar-refractivity contribution in [2.45, 2.75) is 16.3 Å². The van der Waals surface area contributed by atoms with Crippen molar-refractivity contribution in [3.05, 3.63) is 156 Å². The van der Waals surface area contributed by atoms with E-state index in [9.17, 15) is 13.0 Å². The van der Waals surface area contributed by atoms with Crippen molar-refractivity contribution < 1.29 is 31.7 Å². The highest BCUT2D eigenvalue weighted by Gasteiger charge is 2.29. The summed E-state index contributed by atoms with van der Waals surface area (Å²) in [5.74, 6) is 2.04. The van der Waals surface area contributed by atoms with Crippen LogP contribution in [0.15, 0.2) is 160 Å². The second kappa shape index (κ2) is 16.0. The van der Waals surface area contributed by atoms with Crippen molar-refractivity contribution in [2.24, 2.45) is 0 Å². The third-order valence-electron chi connectivity index (χ3n) is 9.26. The maximum absolute atomic E-state index is 11.4. The van der Waals surface area contributed by atoms with Crippen LogP contribution in [0.5, 0.6) is 17.2 Å². The smallest absolute Gasteiger partial charge is 0.265 e. The third kappa shape index (κ3) is 8.25. The predicted octanol–water partition coefficient (Wildman–Crippen LogP) is 9.50. The molecule has 1 aliphatic heterocycles. The standard InChI is InChI=1S/C44H36N2O6S3/c1-50-35-14-16-36(17-15-35)51-26-24-45-39-28-33(31-8-4-2-5-9-31)12-22-41(39)53-43(45)30-44-46(25-27-52-37-18-20-38(21-19-37)55(47,48)49)40-29-34(13-23-42(40)54-44)32-10-6-3-7-11-32/h2-23,28-30H,24-27H2,1H3. The van der Waals surface area contributed by atoms with Gasteiger partial charge in [-0.15, -0.1) is 0 Å². The van der Waals surface area contributed by atoms with Gasteiger partial charge in [0.1, 0.15) is 45.3 Å². The number of ether oxygens (including phenoxy) is 3. The predicted molar refractivity (Wildman–Crippen MR) is 219 cm³/mol. The van der Waals surface area contributed by atoms with E-state index in [1.165, 1.54) is 29.0 Å². The molecule has 0 N–H and O–H groups in total. The molecule has 0 spiro atoms. The fraction of sp³-hybridized carbons (Fsp3) is 0.114. The highest BCUT2D eigenvalue weighted by atomic mass is 32.2. The van der Waals surface area contributed by atoms with Gasteiger partial charge in [0.15, 0.2) is 6.54 Å². The molecule has 0 fully saturated rings. The number of thioether (sulfide) groups is 1. The van der Waals surface area contributed by atoms with Crippen molar-refractivity contribution in [3.8, 4) is 39.5 Å². The van der Waals surface area contributed by atoms with Gasteiger partial charge < -0.3 is 23.7 Å². The summed E-state index contributed by atoms with van der Waals surface area (Å²) < 4.78 is 55.5. The summed E-state index contributed by atoms with van der Waals surface area (Å²) in [5.41, 5.74) is 6.75. The van der Waals surface area contributed by atoms with E-state index in [1.54, 1.807) is 30.2 Å². The van der Waals surface area contributed by atoms with Crippen LogP contribution < -0.4 is 23.7 Å². The number of thiazole rings is 1. The lowest BCUT2D eigenvalue weighted by molar-refractivity contribution is -0.669. The molecule has 0 saturated heterocycles. The number of rotatable bonds is 13. The molecule has 8 nitrogen and oxygen atoms in total. The van der Waals surface area contributed by atoms with Crippen LogP contribution in [-0.4, -0.2) is 39.8 Å². The Hall–Kier alpha value is -5.59. The van der Waals surface area contributed by atoms with E-state index in [2.05, 4.69) is 88.3 Å². The van der Waals surface area contributed by atoms with E-state index in [1.807, 2.05) is 48.5 Å². The van der Waals surface area contributed by atoms with Gasteiger partial charge in [0.25, 0.3) is 5.01 Å². The summed E-state index contributed by atoms with van der Waals surface area (Å²) in [6.07, 6.45) is 2.25. The van der Waals surface area contributed by atoms with Crippen molar-refractivity contribution in [2.75, 3.05) is 31.8 Å². The summed E-state index contributed by atoms with van der Waals surface area (Å²) in [5, 5.41) is 2.13. The van der Waals surface area contributed by atoms with Crippen LogP contribution >= 0.6 is 23.1 Å². The van der Waals surface area contributed by atoms with E-state index in [0.29, 0.717) is 32.1 Å². The summed E-state index contributed by atoms with van der Waals surface area (Å²) in [4.78, 5) is 3.13. The Bertz CT molecular complexity index is 2580. The SMILES string of the molecule is COc1ccc(OCC[n+]2c(C=C3Sc4ccc(-c5ccccc5)cc4N3CCOc3ccc(S(=O)(=O)[O-])cc3)sc3ccc(-c4ccccc4)cc32)cc1. The summed E-state index contributed by atoms with van der Waals surface area (Å²) >= 11 is 3.46. The van der Waals surface area contributed by atoms with Crippen molar-refractivity contribution in [3.63, 3.8) is 0 Å². The number of nitrogens with zero attached hydrogens (tertiary/aromatic N) is 2. The van der Waals surface area contributed by atoms with E-state index in [0.717, 1.165) is 59.9 Å². The Morgan fingerprint density at radius 1 is 0.691 bits per heavy atom. The molecule has 0 bridgehead atoms. The molecule has 0 aliphatic carbocycles. The van der Waals surface area contributed by atoms with Crippen LogP contribution in [0.3, 0.4) is 0 Å². The number of fused-ring (bicyclic) bond motifs is 2. The minimum atomic E-state index is -4.54. The van der Waals surface area contributed by atoms with Crippen LogP contribution in [-0.2, 0) is 16.7 Å². The topological polar surface area (TPSA) is 92.0 Å². The first kappa shape index (κ1) is 36.4. The molecule has 8 rings (SSSR count). The summed E-state index contributed by atoms with van der Waals surface area (Å²) in [6, 6.07) is 47.1. The van der Waals surface area contributed by atoms with Gasteiger partial charge in [-0.3, -0.25) is 0 Å². The molecule has 0 unspecified atom stereocenters. The largest absolute Gasteiger partial charge is 0.744 e. The molecule has 1 aromatic heterocycles. The minimum Gasteiger partial charge on any atom is -0.744 e. The zero-order valence-electron chi connectivity index (χ0n) is 29.8. The normalized spacial score (nSPS) is 13.3. The van der Waals surface area contributed by atoms with Gasteiger partial charge in [-0.1, -0.05) is 95.9 Å². The molecular formula is C44H36N2O6S3. The minimum absolute atomic E-state index is 0.287. The van der Waals surface area contributed by atoms with Crippen LogP contribution in [0.4, 0.5) is 5.69 Å². The van der Waals surface area contributed by atoms with E-state index in [-0.39, 0.29) is 4.90 Å². The second-order valence-electron chi connectivity index (χ2n) is 12.7. The average Bonchev–Trinajstić information content (AvgIpc) is 3.74. The lowest BCUT2D eigenvalue weighted by atomic mass is 10.0. The first-order valence-corrected chi connectivity index (χ1v) is 20.7. The molecule has 0 atom stereocenters. The average molecular weight is 785 g/mol. The Balaban J connectivity index is 1.14. The Kier molecular flexibility index (Phi) is 10.6. The van der Waals surface area contributed by atoms with E-state index >= 15 is 0 Å². The van der Waals surface area contributed by atoms with Crippen LogP contribution in [0.25, 0.3) is 38.5 Å². The maximum atomic E-state index is 11.4. The molecule has 7 aromatic rings. The van der Waals surface area contributed by atoms with Crippen LogP contribution in [0, 0.1) is 0 Å². The van der Waals surface area contributed by atoms with Gasteiger partial charge in [0, 0.05) is 11.0 Å². The number of methoxy groups -OCH3 is 1. The van der Waals surface area contributed by atoms with Crippen LogP contribution in [0.1, 0.15) is 5.01 Å². The summed E-state index contributed by atoms with van der Waals surface area (Å²) in [6.45, 7) is 1.93. The van der Waals surface area contributed by atoms with Crippen molar-refractivity contribution in [1.82, 2.24) is 0 Å². The molecule has 55 heavy (non-hydrogen) atoms. The molecule has 11 heteroatoms. The molecule has 2 heterocycles. The van der Waals surface area contributed by atoms with Gasteiger partial charge in [0.05, 0.1) is 35.3 Å². The fourth-order valence-corrected chi connectivity index (χ4v) is 9.24. The maximum Gasteiger partial charge on any atom is 0.265 e. The van der Waals surface area contributed by atoms with Gasteiger partial charge in [0.2, 0.25) is 5.52 Å². The Morgan fingerprint density at radius 2 is 1.29 bits per heavy atom. The van der Waals surface area contributed by atoms with Gasteiger partial charge in [-0.25, -0.2) is 8.42 Å². The zero-order valence-corrected chi connectivity index (χ0v) is 32.3. The van der Waals surface area contributed by atoms with Gasteiger partial charge in [-0.2, -0.15) is 4.57 Å². The Morgan fingerprint density at radius 3 is 1.95 bits per heavy atom. The monoisotopic (exact) mass is 784 g/mol. The van der Waals surface area contributed by atoms with Gasteiger partial charge >= 0.3 is 0 Å². The molecular weight excluding hydrogens is 749 g/mol. The fourth-order valence-electron chi connectivity index (χ4n) is 6.49. The molecule has 1 aliphatic rings. The number of aromatic nitrogens is 1. The highest BCUT2D eigenvalue weighted by Crippen LogP contribution is 2.48. The second-order valence-corrected chi connectivity index (χ2v) is 16.2. The Labute approximate surface area is 328 Å². The summed E-state index contributed by atoms with van der Waals surface area (Å²) in [7, 11) is -2.89. The lowest BCUT2D eigenvalue weighted by Gasteiger charge is -2.21. The molecule has 6 aromatic carbocycles. The molecule has 0 amide bonds. The molecule has 0 saturated carbocycles. The van der Waals surface area contributed by atoms with Crippen molar-refractivity contribution in [1.29, 1.82) is 0 Å². The third-order valence-corrected chi connectivity index (χ3v) is 12.3. The highest BCUT2D eigenvalue weighted by molar-refractivity contribution is 8.03. The first-order chi connectivity index (χ1) is 26.8. The lowest BCUT2D eigenvalue weighted by Crippen LogP contribution is -2.38. The quantitative estimate of drug-likeness (QED) is 0.0844. The molecule has 276 valence electrons. The number of hydrogen-bond acceptors (Lipinski definition) is 9. The molecule has 0 radical (unpaired) electrons. The number of anilines is 1. The van der Waals surface area contributed by atoms with Crippen LogP contribution in [0.2, 0.25) is 0 Å². The number of hydrogen-bond donors (Lipinski definition) is 0. The van der Waals surface area contributed by atoms with E-state index in [4.69, 9.17) is 14.2 Å². The zero-order chi connectivity index (χ0) is 37.8.